The largest absolute Gasteiger partial charge is 0.508 e. The van der Waals surface area contributed by atoms with Crippen molar-refractivity contribution in [1.82, 2.24) is 0 Å². The topological polar surface area (TPSA) is 234 Å². The van der Waals surface area contributed by atoms with Gasteiger partial charge in [0.1, 0.15) is 39.6 Å². The Bertz CT molecular complexity index is 1780. The minimum atomic E-state index is -0.546. The minimum absolute atomic E-state index is 0.0863. The van der Waals surface area contributed by atoms with Crippen LogP contribution in [0.3, 0.4) is 0 Å². The lowest BCUT2D eigenvalue weighted by atomic mass is 9.85. The maximum absolute atomic E-state index is 9.80. The van der Waals surface area contributed by atoms with Crippen molar-refractivity contribution < 1.29 is 74.1 Å². The van der Waals surface area contributed by atoms with Crippen LogP contribution in [0, 0.1) is 23.7 Å². The van der Waals surface area contributed by atoms with E-state index in [4.69, 9.17) is 39.4 Å². The second-order valence-electron chi connectivity index (χ2n) is 15.2. The third kappa shape index (κ3) is 17.8. The second-order valence-corrected chi connectivity index (χ2v) is 15.2. The quantitative estimate of drug-likeness (QED) is 0.0337. The van der Waals surface area contributed by atoms with Gasteiger partial charge in [0, 0.05) is 0 Å². The van der Waals surface area contributed by atoms with Gasteiger partial charge in [-0.15, -0.1) is 0 Å². The van der Waals surface area contributed by atoms with Gasteiger partial charge in [0.15, 0.2) is 46.0 Å². The number of benzene rings is 4. The Balaban J connectivity index is 0.000000309. The fourth-order valence-corrected chi connectivity index (χ4v) is 6.42. The van der Waals surface area contributed by atoms with Crippen molar-refractivity contribution in [3.8, 4) is 46.0 Å². The molecule has 0 spiro atoms. The highest BCUT2D eigenvalue weighted by Crippen LogP contribution is 2.34. The van der Waals surface area contributed by atoms with Crippen LogP contribution in [0.4, 0.5) is 4.79 Å². The maximum atomic E-state index is 9.80. The highest BCUT2D eigenvalue weighted by molar-refractivity contribution is 5.61. The van der Waals surface area contributed by atoms with E-state index in [0.717, 1.165) is 47.9 Å². The molecule has 4 atom stereocenters. The summed E-state index contributed by atoms with van der Waals surface area (Å²) in [4.78, 5) is 9.80. The molecule has 0 radical (unpaired) electrons. The summed E-state index contributed by atoms with van der Waals surface area (Å²) in [6.45, 7) is 9.85. The molecule has 1 saturated heterocycles. The van der Waals surface area contributed by atoms with Gasteiger partial charge in [-0.05, 0) is 120 Å². The van der Waals surface area contributed by atoms with Gasteiger partial charge in [0.2, 0.25) is 0 Å². The van der Waals surface area contributed by atoms with Crippen LogP contribution in [0.15, 0.2) is 72.8 Å². The Morgan fingerprint density at radius 3 is 1.00 bits per heavy atom. The zero-order valence-electron chi connectivity index (χ0n) is 36.1. The SMILES string of the molecule is C[C@H](Cc1ccc(O)c(O)c1)[C@@H](C)Cc1ccc(O)c(O)c1.C[C@H](Cc1ccc(OCCO)c(OCCO)c1)[C@@H](C)Cc1ccc(OCCO)c(OCCO)c1.O=C1OCCO1. The molecule has 1 aliphatic heterocycles. The molecule has 1 heterocycles. The summed E-state index contributed by atoms with van der Waals surface area (Å²) >= 11 is 0. The van der Waals surface area contributed by atoms with E-state index in [1.165, 1.54) is 12.1 Å². The summed E-state index contributed by atoms with van der Waals surface area (Å²) in [5, 5.41) is 74.0. The summed E-state index contributed by atoms with van der Waals surface area (Å²) in [5.74, 6) is 3.25. The van der Waals surface area contributed by atoms with Gasteiger partial charge in [0.05, 0.1) is 26.4 Å². The zero-order chi connectivity index (χ0) is 45.4. The predicted molar refractivity (Wildman–Crippen MR) is 232 cm³/mol. The summed E-state index contributed by atoms with van der Waals surface area (Å²) in [6, 6.07) is 21.3. The van der Waals surface area contributed by atoms with Crippen LogP contribution in [0.25, 0.3) is 0 Å². The van der Waals surface area contributed by atoms with Gasteiger partial charge in [0.25, 0.3) is 0 Å². The molecule has 62 heavy (non-hydrogen) atoms. The number of phenols is 4. The van der Waals surface area contributed by atoms with Gasteiger partial charge in [-0.2, -0.15) is 0 Å². The van der Waals surface area contributed by atoms with E-state index in [2.05, 4.69) is 37.2 Å². The molecule has 4 aromatic carbocycles. The molecule has 5 rings (SSSR count). The highest BCUT2D eigenvalue weighted by Gasteiger charge is 2.18. The Kier molecular flexibility index (Phi) is 22.4. The number of carbonyl (C=O) groups excluding carboxylic acids is 1. The highest BCUT2D eigenvalue weighted by atomic mass is 16.8. The molecule has 342 valence electrons. The van der Waals surface area contributed by atoms with Crippen molar-refractivity contribution >= 4 is 6.16 Å². The smallest absolute Gasteiger partial charge is 0.504 e. The number of aliphatic hydroxyl groups is 4. The number of cyclic esters (lactones) is 2. The van der Waals surface area contributed by atoms with Gasteiger partial charge < -0.3 is 69.3 Å². The van der Waals surface area contributed by atoms with E-state index >= 15 is 0 Å². The minimum Gasteiger partial charge on any atom is -0.504 e. The summed E-state index contributed by atoms with van der Waals surface area (Å²) in [6.07, 6.45) is 2.71. The number of ether oxygens (including phenoxy) is 6. The second kappa shape index (κ2) is 27.4. The summed E-state index contributed by atoms with van der Waals surface area (Å²) in [7, 11) is 0. The lowest BCUT2D eigenvalue weighted by Gasteiger charge is -2.22. The van der Waals surface area contributed by atoms with Crippen LogP contribution >= 0.6 is 0 Å². The van der Waals surface area contributed by atoms with Crippen molar-refractivity contribution in [2.45, 2.75) is 53.4 Å². The van der Waals surface area contributed by atoms with Gasteiger partial charge in [-0.3, -0.25) is 0 Å². The molecule has 1 fully saturated rings. The van der Waals surface area contributed by atoms with Crippen molar-refractivity contribution in [2.75, 3.05) is 66.1 Å². The lowest BCUT2D eigenvalue weighted by molar-refractivity contribution is 0.131. The zero-order valence-corrected chi connectivity index (χ0v) is 36.1. The first-order valence-corrected chi connectivity index (χ1v) is 20.8. The molecule has 0 saturated carbocycles. The van der Waals surface area contributed by atoms with Crippen LogP contribution in [-0.4, -0.2) is 113 Å². The first kappa shape index (κ1) is 50.7. The first-order chi connectivity index (χ1) is 29.8. The lowest BCUT2D eigenvalue weighted by Crippen LogP contribution is -2.14. The summed E-state index contributed by atoms with van der Waals surface area (Å²) in [5.41, 5.74) is 4.15. The van der Waals surface area contributed by atoms with Gasteiger partial charge in [-0.1, -0.05) is 52.0 Å². The average Bonchev–Trinajstić information content (AvgIpc) is 3.75. The monoisotopic (exact) mass is 868 g/mol. The number of rotatable bonds is 22. The van der Waals surface area contributed by atoms with E-state index in [1.54, 1.807) is 12.1 Å². The number of aliphatic hydroxyl groups excluding tert-OH is 4. The molecule has 4 aromatic rings. The van der Waals surface area contributed by atoms with Crippen LogP contribution in [0.5, 0.6) is 46.0 Å². The van der Waals surface area contributed by atoms with E-state index in [9.17, 15) is 25.2 Å². The molecule has 1 aliphatic rings. The average molecular weight is 869 g/mol. The molecule has 0 aromatic heterocycles. The maximum Gasteiger partial charge on any atom is 0.508 e. The number of hydrogen-bond donors (Lipinski definition) is 8. The number of phenolic OH excluding ortho intramolecular Hbond substituents is 4. The Labute approximate surface area is 363 Å². The van der Waals surface area contributed by atoms with Crippen LogP contribution in [0.2, 0.25) is 0 Å². The fraction of sp³-hybridized carbons (Fsp3) is 0.468. The first-order valence-electron chi connectivity index (χ1n) is 20.8. The molecule has 0 aliphatic carbocycles. The Morgan fingerprint density at radius 1 is 0.435 bits per heavy atom. The molecule has 0 bridgehead atoms. The number of hydrogen-bond acceptors (Lipinski definition) is 15. The van der Waals surface area contributed by atoms with Crippen molar-refractivity contribution in [3.05, 3.63) is 95.1 Å². The molecule has 0 amide bonds. The third-order valence-electron chi connectivity index (χ3n) is 10.2. The molecular weight excluding hydrogens is 805 g/mol. The van der Waals surface area contributed by atoms with Crippen LogP contribution in [-0.2, 0) is 35.2 Å². The Hall–Kier alpha value is -5.61. The number of aromatic hydroxyl groups is 4. The Morgan fingerprint density at radius 2 is 0.726 bits per heavy atom. The normalized spacial score (nSPS) is 13.8. The standard InChI is InChI=1S/C26H38O8.C18H22O4.C3H4O3/c1-19(15-21-3-5-23(31-11-7-27)25(17-21)33-13-9-29)20(2)16-22-4-6-24(32-12-8-28)26(18-22)34-14-10-30;1-11(7-13-3-5-15(19)17(21)9-13)12(2)8-14-4-6-16(20)18(22)10-14;4-3-5-1-2-6-3/h3-6,17-20,27-30H,7-16H2,1-2H3;3-6,9-12,19-22H,7-8H2,1-2H3;1-2H2/t19-,20+;11-,12+;. The molecule has 8 N–H and O–H groups in total. The van der Waals surface area contributed by atoms with Gasteiger partial charge >= 0.3 is 6.16 Å². The third-order valence-corrected chi connectivity index (χ3v) is 10.2. The molecule has 15 heteroatoms. The van der Waals surface area contributed by atoms with E-state index in [-0.39, 0.29) is 75.9 Å². The van der Waals surface area contributed by atoms with E-state index in [1.807, 2.05) is 48.5 Å². The molecular formula is C47H64O15. The van der Waals surface area contributed by atoms with E-state index < -0.39 is 6.16 Å². The van der Waals surface area contributed by atoms with Crippen molar-refractivity contribution in [1.29, 1.82) is 0 Å². The summed E-state index contributed by atoms with van der Waals surface area (Å²) < 4.78 is 30.9. The number of carbonyl (C=O) groups is 1. The van der Waals surface area contributed by atoms with E-state index in [0.29, 0.717) is 59.9 Å². The molecule has 0 unspecified atom stereocenters. The van der Waals surface area contributed by atoms with Gasteiger partial charge in [-0.25, -0.2) is 4.79 Å². The van der Waals surface area contributed by atoms with Crippen molar-refractivity contribution in [2.24, 2.45) is 23.7 Å². The van der Waals surface area contributed by atoms with Crippen molar-refractivity contribution in [3.63, 3.8) is 0 Å². The van der Waals surface area contributed by atoms with Crippen LogP contribution in [0.1, 0.15) is 49.9 Å². The fourth-order valence-electron chi connectivity index (χ4n) is 6.42. The predicted octanol–water partition coefficient (Wildman–Crippen LogP) is 5.95. The molecule has 15 nitrogen and oxygen atoms in total. The van der Waals surface area contributed by atoms with Crippen LogP contribution < -0.4 is 18.9 Å².